The SMILES string of the molecule is Cc1cc(C(=O)NC2C3CCCC2CC(N)C3)nc2[nH]c(=O)[nH]c(=O)c12. The maximum Gasteiger partial charge on any atom is 0.327 e. The Hall–Kier alpha value is -2.48. The molecular formula is C18H23N5O3. The van der Waals surface area contributed by atoms with Crippen LogP contribution in [0.2, 0.25) is 0 Å². The van der Waals surface area contributed by atoms with Crippen LogP contribution >= 0.6 is 0 Å². The predicted octanol–water partition coefficient (Wildman–Crippen LogP) is 0.556. The number of carbonyl (C=O) groups excluding carboxylic acids is 1. The average molecular weight is 357 g/mol. The summed E-state index contributed by atoms with van der Waals surface area (Å²) in [6, 6.07) is 1.93. The van der Waals surface area contributed by atoms with Crippen LogP contribution < -0.4 is 22.3 Å². The minimum Gasteiger partial charge on any atom is -0.347 e. The van der Waals surface area contributed by atoms with Gasteiger partial charge in [0.1, 0.15) is 11.3 Å². The number of pyridine rings is 1. The Morgan fingerprint density at radius 2 is 1.92 bits per heavy atom. The van der Waals surface area contributed by atoms with Gasteiger partial charge < -0.3 is 11.1 Å². The number of hydrogen-bond acceptors (Lipinski definition) is 5. The molecule has 2 aliphatic rings. The number of nitrogens with two attached hydrogens (primary N) is 1. The van der Waals surface area contributed by atoms with Crippen LogP contribution in [0, 0.1) is 18.8 Å². The van der Waals surface area contributed by atoms with E-state index < -0.39 is 11.2 Å². The van der Waals surface area contributed by atoms with Crippen molar-refractivity contribution in [3.05, 3.63) is 38.2 Å². The largest absolute Gasteiger partial charge is 0.347 e. The Morgan fingerprint density at radius 1 is 1.23 bits per heavy atom. The van der Waals surface area contributed by atoms with Crippen LogP contribution in [-0.2, 0) is 0 Å². The van der Waals surface area contributed by atoms with E-state index in [1.165, 1.54) is 6.42 Å². The van der Waals surface area contributed by atoms with E-state index in [4.69, 9.17) is 5.73 Å². The summed E-state index contributed by atoms with van der Waals surface area (Å²) in [5.41, 5.74) is 5.96. The van der Waals surface area contributed by atoms with Gasteiger partial charge in [-0.1, -0.05) is 6.42 Å². The monoisotopic (exact) mass is 357 g/mol. The van der Waals surface area contributed by atoms with Gasteiger partial charge in [-0.15, -0.1) is 0 Å². The van der Waals surface area contributed by atoms with E-state index in [2.05, 4.69) is 20.3 Å². The lowest BCUT2D eigenvalue weighted by molar-refractivity contribution is 0.0752. The van der Waals surface area contributed by atoms with Crippen LogP contribution in [0.25, 0.3) is 11.0 Å². The highest BCUT2D eigenvalue weighted by atomic mass is 16.2. The number of fused-ring (bicyclic) bond motifs is 3. The molecule has 0 aromatic carbocycles. The molecule has 0 saturated heterocycles. The number of nitrogens with zero attached hydrogens (tertiary/aromatic N) is 1. The van der Waals surface area contributed by atoms with Crippen LogP contribution in [0.1, 0.15) is 48.2 Å². The van der Waals surface area contributed by atoms with E-state index in [0.29, 0.717) is 22.8 Å². The highest BCUT2D eigenvalue weighted by Crippen LogP contribution is 2.39. The summed E-state index contributed by atoms with van der Waals surface area (Å²) in [5, 5.41) is 3.44. The molecule has 2 atom stereocenters. The number of amides is 1. The van der Waals surface area contributed by atoms with Crippen molar-refractivity contribution in [2.24, 2.45) is 17.6 Å². The van der Waals surface area contributed by atoms with Crippen molar-refractivity contribution in [2.45, 2.75) is 51.1 Å². The lowest BCUT2D eigenvalue weighted by Crippen LogP contribution is -2.53. The lowest BCUT2D eigenvalue weighted by atomic mass is 9.67. The summed E-state index contributed by atoms with van der Waals surface area (Å²) >= 11 is 0. The fraction of sp³-hybridized carbons (Fsp3) is 0.556. The van der Waals surface area contributed by atoms with Crippen molar-refractivity contribution < 1.29 is 4.79 Å². The molecule has 8 nitrogen and oxygen atoms in total. The number of rotatable bonds is 2. The molecule has 4 rings (SSSR count). The van der Waals surface area contributed by atoms with Gasteiger partial charge in [0.25, 0.3) is 11.5 Å². The lowest BCUT2D eigenvalue weighted by Gasteiger charge is -2.45. The first-order chi connectivity index (χ1) is 12.4. The molecule has 1 amide bonds. The Bertz CT molecular complexity index is 965. The molecule has 8 heteroatoms. The van der Waals surface area contributed by atoms with Gasteiger partial charge in [-0.25, -0.2) is 9.78 Å². The summed E-state index contributed by atoms with van der Waals surface area (Å²) in [6.07, 6.45) is 5.23. The van der Waals surface area contributed by atoms with Gasteiger partial charge in [-0.2, -0.15) is 0 Å². The molecule has 0 radical (unpaired) electrons. The fourth-order valence-corrected chi connectivity index (χ4v) is 4.72. The zero-order valence-corrected chi connectivity index (χ0v) is 14.7. The van der Waals surface area contributed by atoms with E-state index in [1.807, 2.05) is 0 Å². The molecule has 2 heterocycles. The Kier molecular flexibility index (Phi) is 4.14. The van der Waals surface area contributed by atoms with E-state index in [-0.39, 0.29) is 29.3 Å². The molecule has 2 aliphatic carbocycles. The van der Waals surface area contributed by atoms with Crippen LogP contribution in [0.3, 0.4) is 0 Å². The standard InChI is InChI=1S/C18H23N5O3/c1-8-5-12(20-15-13(8)17(25)23-18(26)22-15)16(24)21-14-9-3-2-4-10(14)7-11(19)6-9/h5,9-11,14H,2-4,6-7,19H2,1H3,(H,21,24)(H2,20,22,23,25,26). The van der Waals surface area contributed by atoms with E-state index in [1.54, 1.807) is 13.0 Å². The second-order valence-corrected chi connectivity index (χ2v) is 7.64. The van der Waals surface area contributed by atoms with Gasteiger partial charge >= 0.3 is 5.69 Å². The molecule has 2 saturated carbocycles. The van der Waals surface area contributed by atoms with Crippen LogP contribution in [-0.4, -0.2) is 32.9 Å². The van der Waals surface area contributed by atoms with Crippen molar-refractivity contribution in [1.82, 2.24) is 20.3 Å². The van der Waals surface area contributed by atoms with Crippen molar-refractivity contribution in [3.8, 4) is 0 Å². The first-order valence-electron chi connectivity index (χ1n) is 9.13. The third kappa shape index (κ3) is 2.94. The van der Waals surface area contributed by atoms with Gasteiger partial charge in [0, 0.05) is 12.1 Å². The number of aromatic nitrogens is 3. The van der Waals surface area contributed by atoms with Crippen LogP contribution in [0.15, 0.2) is 15.7 Å². The maximum absolute atomic E-state index is 12.8. The molecule has 2 aromatic rings. The third-order valence-electron chi connectivity index (χ3n) is 5.81. The molecule has 2 aromatic heterocycles. The molecule has 2 unspecified atom stereocenters. The molecule has 0 aliphatic heterocycles. The number of hydrogen-bond donors (Lipinski definition) is 4. The molecule has 0 spiro atoms. The normalized spacial score (nSPS) is 28.1. The van der Waals surface area contributed by atoms with Crippen molar-refractivity contribution in [2.75, 3.05) is 0 Å². The number of aryl methyl sites for hydroxylation is 1. The van der Waals surface area contributed by atoms with Crippen LogP contribution in [0.4, 0.5) is 0 Å². The maximum atomic E-state index is 12.8. The smallest absolute Gasteiger partial charge is 0.327 e. The molecule has 5 N–H and O–H groups in total. The second-order valence-electron chi connectivity index (χ2n) is 7.64. The molecular weight excluding hydrogens is 334 g/mol. The minimum absolute atomic E-state index is 0.118. The van der Waals surface area contributed by atoms with Gasteiger partial charge in [0.05, 0.1) is 5.39 Å². The fourth-order valence-electron chi connectivity index (χ4n) is 4.72. The van der Waals surface area contributed by atoms with Crippen molar-refractivity contribution in [1.29, 1.82) is 0 Å². The van der Waals surface area contributed by atoms with Crippen LogP contribution in [0.5, 0.6) is 0 Å². The summed E-state index contributed by atoms with van der Waals surface area (Å²) in [5.74, 6) is 0.546. The van der Waals surface area contributed by atoms with Gasteiger partial charge in [0.15, 0.2) is 0 Å². The average Bonchev–Trinajstić information content (AvgIpc) is 2.54. The van der Waals surface area contributed by atoms with E-state index in [9.17, 15) is 14.4 Å². The predicted molar refractivity (Wildman–Crippen MR) is 97.0 cm³/mol. The zero-order chi connectivity index (χ0) is 18.4. The highest BCUT2D eigenvalue weighted by Gasteiger charge is 2.40. The summed E-state index contributed by atoms with van der Waals surface area (Å²) < 4.78 is 0. The Morgan fingerprint density at radius 3 is 2.62 bits per heavy atom. The molecule has 138 valence electrons. The first kappa shape index (κ1) is 17.0. The number of aromatic amines is 2. The van der Waals surface area contributed by atoms with Crippen molar-refractivity contribution in [3.63, 3.8) is 0 Å². The van der Waals surface area contributed by atoms with Crippen molar-refractivity contribution >= 4 is 16.9 Å². The summed E-state index contributed by atoms with van der Waals surface area (Å²) in [6.45, 7) is 1.72. The van der Waals surface area contributed by atoms with E-state index in [0.717, 1.165) is 25.7 Å². The number of H-pyrrole nitrogens is 2. The zero-order valence-electron chi connectivity index (χ0n) is 14.7. The summed E-state index contributed by atoms with van der Waals surface area (Å²) in [7, 11) is 0. The van der Waals surface area contributed by atoms with E-state index >= 15 is 0 Å². The second kappa shape index (κ2) is 6.35. The van der Waals surface area contributed by atoms with Gasteiger partial charge in [-0.05, 0) is 56.1 Å². The molecule has 2 fully saturated rings. The first-order valence-corrected chi connectivity index (χ1v) is 9.13. The van der Waals surface area contributed by atoms with Gasteiger partial charge in [-0.3, -0.25) is 19.6 Å². The number of nitrogens with one attached hydrogen (secondary N) is 3. The Labute approximate surface area is 149 Å². The molecule has 2 bridgehead atoms. The highest BCUT2D eigenvalue weighted by molar-refractivity contribution is 5.95. The third-order valence-corrected chi connectivity index (χ3v) is 5.81. The Balaban J connectivity index is 1.64. The number of carbonyl (C=O) groups is 1. The quantitative estimate of drug-likeness (QED) is 0.623. The van der Waals surface area contributed by atoms with Gasteiger partial charge in [0.2, 0.25) is 0 Å². The molecule has 26 heavy (non-hydrogen) atoms. The summed E-state index contributed by atoms with van der Waals surface area (Å²) in [4.78, 5) is 45.2. The topological polar surface area (TPSA) is 134 Å². The minimum atomic E-state index is -0.636.